The zero-order valence-corrected chi connectivity index (χ0v) is 7.98. The molecule has 1 rings (SSSR count). The maximum absolute atomic E-state index is 12.9. The first-order valence-corrected chi connectivity index (χ1v) is 4.09. The summed E-state index contributed by atoms with van der Waals surface area (Å²) in [5.41, 5.74) is 0.304. The van der Waals surface area contributed by atoms with Gasteiger partial charge in [0.1, 0.15) is 5.82 Å². The van der Waals surface area contributed by atoms with Crippen LogP contribution < -0.4 is 0 Å². The van der Waals surface area contributed by atoms with Gasteiger partial charge in [0, 0.05) is 5.92 Å². The number of nitrogens with zero attached hydrogens (tertiary/aromatic N) is 2. The molecule has 1 aromatic heterocycles. The quantitative estimate of drug-likeness (QED) is 0.634. The van der Waals surface area contributed by atoms with E-state index in [9.17, 15) is 4.39 Å². The minimum absolute atomic E-state index is 0.0915. The van der Waals surface area contributed by atoms with Crippen molar-refractivity contribution in [3.05, 3.63) is 22.5 Å². The normalized spacial score (nSPS) is 10.8. The van der Waals surface area contributed by atoms with Crippen LogP contribution in [0.2, 0.25) is 5.15 Å². The Morgan fingerprint density at radius 2 is 1.92 bits per heavy atom. The SMILES string of the molecule is Cc1nc(C(C)C)nc(Cl)c1F. The highest BCUT2D eigenvalue weighted by Gasteiger charge is 2.10. The van der Waals surface area contributed by atoms with Gasteiger partial charge in [-0.25, -0.2) is 14.4 Å². The molecule has 0 saturated heterocycles. The predicted molar refractivity (Wildman–Crippen MR) is 45.8 cm³/mol. The molecule has 0 saturated carbocycles. The zero-order valence-electron chi connectivity index (χ0n) is 7.23. The number of halogens is 2. The first-order chi connectivity index (χ1) is 5.52. The van der Waals surface area contributed by atoms with Crippen LogP contribution in [0.4, 0.5) is 4.39 Å². The Morgan fingerprint density at radius 3 is 2.33 bits per heavy atom. The third-order valence-corrected chi connectivity index (χ3v) is 1.76. The Bertz CT molecular complexity index is 276. The zero-order chi connectivity index (χ0) is 9.30. The molecule has 0 spiro atoms. The van der Waals surface area contributed by atoms with Crippen molar-refractivity contribution in [3.8, 4) is 0 Å². The number of aromatic nitrogens is 2. The van der Waals surface area contributed by atoms with Crippen LogP contribution in [-0.2, 0) is 0 Å². The summed E-state index contributed by atoms with van der Waals surface area (Å²) in [6, 6.07) is 0. The van der Waals surface area contributed by atoms with E-state index in [0.717, 1.165) is 0 Å². The molecule has 0 unspecified atom stereocenters. The lowest BCUT2D eigenvalue weighted by Gasteiger charge is -2.05. The van der Waals surface area contributed by atoms with Crippen LogP contribution in [0.25, 0.3) is 0 Å². The molecule has 0 aliphatic carbocycles. The standard InChI is InChI=1S/C8H10ClFN2/c1-4(2)8-11-5(3)6(10)7(9)12-8/h4H,1-3H3. The fourth-order valence-corrected chi connectivity index (χ4v) is 1.03. The van der Waals surface area contributed by atoms with Crippen LogP contribution >= 0.6 is 11.6 Å². The Kier molecular flexibility index (Phi) is 2.62. The van der Waals surface area contributed by atoms with Crippen molar-refractivity contribution in [1.82, 2.24) is 9.97 Å². The van der Waals surface area contributed by atoms with Gasteiger partial charge in [-0.05, 0) is 6.92 Å². The number of rotatable bonds is 1. The molecule has 0 fully saturated rings. The molecule has 0 bridgehead atoms. The van der Waals surface area contributed by atoms with Crippen molar-refractivity contribution in [2.75, 3.05) is 0 Å². The number of hydrogen-bond donors (Lipinski definition) is 0. The summed E-state index contributed by atoms with van der Waals surface area (Å²) in [6.07, 6.45) is 0. The Balaban J connectivity index is 3.21. The average Bonchev–Trinajstić information content (AvgIpc) is 1.99. The maximum Gasteiger partial charge on any atom is 0.181 e. The van der Waals surface area contributed by atoms with E-state index in [-0.39, 0.29) is 11.1 Å². The first-order valence-electron chi connectivity index (χ1n) is 3.72. The third kappa shape index (κ3) is 1.72. The topological polar surface area (TPSA) is 25.8 Å². The van der Waals surface area contributed by atoms with Gasteiger partial charge in [0.2, 0.25) is 0 Å². The lowest BCUT2D eigenvalue weighted by atomic mass is 10.2. The minimum Gasteiger partial charge on any atom is -0.235 e. The van der Waals surface area contributed by atoms with E-state index in [1.54, 1.807) is 6.92 Å². The van der Waals surface area contributed by atoms with E-state index < -0.39 is 5.82 Å². The lowest BCUT2D eigenvalue weighted by molar-refractivity contribution is 0.591. The molecule has 66 valence electrons. The Hall–Kier alpha value is -0.700. The molecule has 0 atom stereocenters. The molecule has 0 aliphatic rings. The van der Waals surface area contributed by atoms with Gasteiger partial charge < -0.3 is 0 Å². The van der Waals surface area contributed by atoms with Crippen LogP contribution in [0.1, 0.15) is 31.3 Å². The first kappa shape index (κ1) is 9.39. The smallest absolute Gasteiger partial charge is 0.181 e. The molecule has 1 aromatic rings. The minimum atomic E-state index is -0.527. The molecule has 0 aromatic carbocycles. The fraction of sp³-hybridized carbons (Fsp3) is 0.500. The second-order valence-electron chi connectivity index (χ2n) is 2.93. The van der Waals surface area contributed by atoms with Gasteiger partial charge in [-0.3, -0.25) is 0 Å². The van der Waals surface area contributed by atoms with Crippen molar-refractivity contribution in [1.29, 1.82) is 0 Å². The number of aryl methyl sites for hydroxylation is 1. The summed E-state index contributed by atoms with van der Waals surface area (Å²) < 4.78 is 12.9. The summed E-state index contributed by atoms with van der Waals surface area (Å²) in [5.74, 6) is 0.224. The molecule has 0 radical (unpaired) electrons. The average molecular weight is 189 g/mol. The highest BCUT2D eigenvalue weighted by molar-refractivity contribution is 6.29. The van der Waals surface area contributed by atoms with Crippen molar-refractivity contribution in [3.63, 3.8) is 0 Å². The van der Waals surface area contributed by atoms with Gasteiger partial charge in [0.05, 0.1) is 5.69 Å². The van der Waals surface area contributed by atoms with E-state index in [4.69, 9.17) is 11.6 Å². The molecular weight excluding hydrogens is 179 g/mol. The second-order valence-corrected chi connectivity index (χ2v) is 3.28. The Morgan fingerprint density at radius 1 is 1.33 bits per heavy atom. The molecule has 0 N–H and O–H groups in total. The summed E-state index contributed by atoms with van der Waals surface area (Å²) in [4.78, 5) is 7.77. The van der Waals surface area contributed by atoms with Crippen molar-refractivity contribution in [2.45, 2.75) is 26.7 Å². The summed E-state index contributed by atoms with van der Waals surface area (Å²) in [6.45, 7) is 5.45. The Labute approximate surface area is 75.8 Å². The van der Waals surface area contributed by atoms with Gasteiger partial charge in [0.25, 0.3) is 0 Å². The molecule has 0 amide bonds. The highest BCUT2D eigenvalue weighted by Crippen LogP contribution is 2.17. The van der Waals surface area contributed by atoms with Gasteiger partial charge in [-0.2, -0.15) is 0 Å². The van der Waals surface area contributed by atoms with Gasteiger partial charge >= 0.3 is 0 Å². The summed E-state index contributed by atoms with van der Waals surface area (Å²) in [7, 11) is 0. The van der Waals surface area contributed by atoms with Crippen molar-refractivity contribution >= 4 is 11.6 Å². The van der Waals surface area contributed by atoms with Crippen LogP contribution in [0, 0.1) is 12.7 Å². The van der Waals surface area contributed by atoms with E-state index in [1.165, 1.54) is 0 Å². The highest BCUT2D eigenvalue weighted by atomic mass is 35.5. The predicted octanol–water partition coefficient (Wildman–Crippen LogP) is 2.70. The van der Waals surface area contributed by atoms with Crippen LogP contribution in [0.15, 0.2) is 0 Å². The fourth-order valence-electron chi connectivity index (χ4n) is 0.803. The largest absolute Gasteiger partial charge is 0.235 e. The molecular formula is C8H10ClFN2. The molecule has 12 heavy (non-hydrogen) atoms. The van der Waals surface area contributed by atoms with E-state index in [2.05, 4.69) is 9.97 Å². The molecule has 1 heterocycles. The van der Waals surface area contributed by atoms with Crippen LogP contribution in [0.3, 0.4) is 0 Å². The van der Waals surface area contributed by atoms with E-state index in [1.807, 2.05) is 13.8 Å². The van der Waals surface area contributed by atoms with Crippen molar-refractivity contribution in [2.24, 2.45) is 0 Å². The second kappa shape index (κ2) is 3.35. The van der Waals surface area contributed by atoms with Crippen molar-refractivity contribution < 1.29 is 4.39 Å². The number of hydrogen-bond acceptors (Lipinski definition) is 2. The van der Waals surface area contributed by atoms with Crippen LogP contribution in [-0.4, -0.2) is 9.97 Å². The van der Waals surface area contributed by atoms with E-state index >= 15 is 0 Å². The molecule has 2 nitrogen and oxygen atoms in total. The lowest BCUT2D eigenvalue weighted by Crippen LogP contribution is -2.02. The monoisotopic (exact) mass is 188 g/mol. The van der Waals surface area contributed by atoms with Gasteiger partial charge in [0.15, 0.2) is 11.0 Å². The third-order valence-electron chi connectivity index (χ3n) is 1.51. The van der Waals surface area contributed by atoms with Gasteiger partial charge in [-0.1, -0.05) is 25.4 Å². The van der Waals surface area contributed by atoms with Crippen LogP contribution in [0.5, 0.6) is 0 Å². The summed E-state index contributed by atoms with van der Waals surface area (Å²) in [5, 5.41) is -0.0915. The molecule has 4 heteroatoms. The van der Waals surface area contributed by atoms with Gasteiger partial charge in [-0.15, -0.1) is 0 Å². The van der Waals surface area contributed by atoms with E-state index in [0.29, 0.717) is 11.5 Å². The maximum atomic E-state index is 12.9. The molecule has 0 aliphatic heterocycles. The summed E-state index contributed by atoms with van der Waals surface area (Å²) >= 11 is 5.54.